The predicted octanol–water partition coefficient (Wildman–Crippen LogP) is 14.3. The molecule has 0 radical (unpaired) electrons. The minimum Gasteiger partial charge on any atom is -0.309 e. The fourth-order valence-corrected chi connectivity index (χ4v) is 9.06. The second-order valence-electron chi connectivity index (χ2n) is 12.8. The molecule has 1 aromatic heterocycles. The van der Waals surface area contributed by atoms with Crippen LogP contribution in [0.2, 0.25) is 0 Å². The molecule has 0 aliphatic carbocycles. The molecule has 0 spiro atoms. The monoisotopic (exact) mass is 653 g/mol. The highest BCUT2D eigenvalue weighted by Crippen LogP contribution is 2.51. The number of hydrogen-bond donors (Lipinski definition) is 0. The Bertz CT molecular complexity index is 2870. The minimum atomic E-state index is 1.15. The molecule has 0 fully saturated rings. The van der Waals surface area contributed by atoms with E-state index in [0.29, 0.717) is 0 Å². The van der Waals surface area contributed by atoms with Crippen molar-refractivity contribution in [2.24, 2.45) is 0 Å². The zero-order valence-corrected chi connectivity index (χ0v) is 28.1. The third kappa shape index (κ3) is 4.53. The van der Waals surface area contributed by atoms with Crippen molar-refractivity contribution in [1.82, 2.24) is 0 Å². The summed E-state index contributed by atoms with van der Waals surface area (Å²) in [5.41, 5.74) is 8.40. The number of hydrogen-bond acceptors (Lipinski definition) is 2. The van der Waals surface area contributed by atoms with Gasteiger partial charge in [0.15, 0.2) is 0 Å². The number of fused-ring (bicyclic) bond motifs is 7. The summed E-state index contributed by atoms with van der Waals surface area (Å²) in [7, 11) is 0. The largest absolute Gasteiger partial charge is 0.309 e. The summed E-state index contributed by atoms with van der Waals surface area (Å²) in [6.45, 7) is 0. The first-order valence-corrected chi connectivity index (χ1v) is 17.9. The van der Waals surface area contributed by atoms with Crippen LogP contribution in [0.5, 0.6) is 0 Å². The Morgan fingerprint density at radius 1 is 0.340 bits per heavy atom. The number of para-hydroxylation sites is 1. The van der Waals surface area contributed by atoms with Crippen molar-refractivity contribution in [1.29, 1.82) is 0 Å². The van der Waals surface area contributed by atoms with Crippen LogP contribution in [0.3, 0.4) is 0 Å². The number of nitrogens with zero attached hydrogens (tertiary/aromatic N) is 1. The van der Waals surface area contributed by atoms with E-state index in [2.05, 4.69) is 193 Å². The Morgan fingerprint density at radius 3 is 1.74 bits per heavy atom. The van der Waals surface area contributed by atoms with Gasteiger partial charge in [0.1, 0.15) is 0 Å². The molecule has 0 N–H and O–H groups in total. The average molecular weight is 654 g/mol. The molecule has 0 aliphatic rings. The highest BCUT2D eigenvalue weighted by atomic mass is 32.1. The molecule has 0 bridgehead atoms. The summed E-state index contributed by atoms with van der Waals surface area (Å²) in [4.78, 5) is 2.51. The van der Waals surface area contributed by atoms with Gasteiger partial charge in [0, 0.05) is 36.5 Å². The summed E-state index contributed by atoms with van der Waals surface area (Å²) >= 11 is 1.90. The van der Waals surface area contributed by atoms with Crippen molar-refractivity contribution in [3.63, 3.8) is 0 Å². The van der Waals surface area contributed by atoms with Crippen LogP contribution >= 0.6 is 11.3 Å². The standard InChI is InChI=1S/C48H31NS/c1-2-15-33(16-3-1)36-23-10-11-27-43(36)49(44-28-13-20-34-18-5-7-22-37(34)44)45-29-14-30-46-47(45)42-31-41(39-24-8-9-25-40(39)48(42)50-46)38-26-12-19-32-17-4-6-21-35(32)38/h1-31H. The molecule has 0 aliphatic heterocycles. The van der Waals surface area contributed by atoms with Gasteiger partial charge < -0.3 is 4.90 Å². The third-order valence-corrected chi connectivity index (χ3v) is 11.2. The van der Waals surface area contributed by atoms with Crippen LogP contribution < -0.4 is 4.90 Å². The van der Waals surface area contributed by atoms with Crippen molar-refractivity contribution >= 4 is 80.9 Å². The van der Waals surface area contributed by atoms with E-state index in [1.165, 1.54) is 80.4 Å². The summed E-state index contributed by atoms with van der Waals surface area (Å²) in [6.07, 6.45) is 0. The molecular formula is C48H31NS. The predicted molar refractivity (Wildman–Crippen MR) is 217 cm³/mol. The molecule has 0 unspecified atom stereocenters. The summed E-state index contributed by atoms with van der Waals surface area (Å²) in [5, 5.41) is 10.1. The van der Waals surface area contributed by atoms with Gasteiger partial charge in [0.05, 0.1) is 17.1 Å². The molecule has 0 atom stereocenters. The second kappa shape index (κ2) is 11.7. The summed E-state index contributed by atoms with van der Waals surface area (Å²) < 4.78 is 2.60. The highest BCUT2D eigenvalue weighted by Gasteiger charge is 2.24. The van der Waals surface area contributed by atoms with Crippen LogP contribution in [-0.2, 0) is 0 Å². The molecule has 10 rings (SSSR count). The van der Waals surface area contributed by atoms with Crippen LogP contribution in [0.1, 0.15) is 0 Å². The van der Waals surface area contributed by atoms with E-state index in [9.17, 15) is 0 Å². The normalized spacial score (nSPS) is 11.6. The van der Waals surface area contributed by atoms with Gasteiger partial charge in [-0.25, -0.2) is 0 Å². The van der Waals surface area contributed by atoms with Gasteiger partial charge >= 0.3 is 0 Å². The fourth-order valence-electron chi connectivity index (χ4n) is 7.82. The minimum absolute atomic E-state index is 1.15. The van der Waals surface area contributed by atoms with Crippen LogP contribution in [0, 0.1) is 0 Å². The van der Waals surface area contributed by atoms with E-state index in [1.54, 1.807) is 0 Å². The maximum atomic E-state index is 2.51. The van der Waals surface area contributed by atoms with Gasteiger partial charge in [-0.2, -0.15) is 0 Å². The Labute approximate surface area is 294 Å². The van der Waals surface area contributed by atoms with Crippen LogP contribution in [-0.4, -0.2) is 0 Å². The molecule has 10 aromatic rings. The number of anilines is 3. The molecule has 50 heavy (non-hydrogen) atoms. The lowest BCUT2D eigenvalue weighted by Crippen LogP contribution is -2.12. The van der Waals surface area contributed by atoms with Gasteiger partial charge in [0.25, 0.3) is 0 Å². The molecule has 0 saturated heterocycles. The van der Waals surface area contributed by atoms with Crippen molar-refractivity contribution in [3.8, 4) is 22.3 Å². The van der Waals surface area contributed by atoms with Crippen LogP contribution in [0.15, 0.2) is 188 Å². The first-order valence-electron chi connectivity index (χ1n) is 17.1. The number of thiophene rings is 1. The molecule has 1 heterocycles. The van der Waals surface area contributed by atoms with Gasteiger partial charge in [-0.15, -0.1) is 11.3 Å². The van der Waals surface area contributed by atoms with Crippen molar-refractivity contribution < 1.29 is 0 Å². The lowest BCUT2D eigenvalue weighted by molar-refractivity contribution is 1.31. The van der Waals surface area contributed by atoms with Gasteiger partial charge in [-0.05, 0) is 68.6 Å². The Hall–Kier alpha value is -6.22. The lowest BCUT2D eigenvalue weighted by Gasteiger charge is -2.30. The van der Waals surface area contributed by atoms with E-state index < -0.39 is 0 Å². The first-order chi connectivity index (χ1) is 24.8. The fraction of sp³-hybridized carbons (Fsp3) is 0. The molecule has 0 amide bonds. The molecule has 2 heteroatoms. The second-order valence-corrected chi connectivity index (χ2v) is 13.9. The number of rotatable bonds is 5. The molecular weight excluding hydrogens is 623 g/mol. The van der Waals surface area contributed by atoms with Gasteiger partial charge in [-0.1, -0.05) is 158 Å². The topological polar surface area (TPSA) is 3.24 Å². The number of benzene rings is 9. The molecule has 1 nitrogen and oxygen atoms in total. The lowest BCUT2D eigenvalue weighted by atomic mass is 9.92. The summed E-state index contributed by atoms with van der Waals surface area (Å²) in [6, 6.07) is 68.7. The third-order valence-electron chi connectivity index (χ3n) is 10.0. The van der Waals surface area contributed by atoms with Crippen LogP contribution in [0.25, 0.3) is 74.7 Å². The van der Waals surface area contributed by atoms with E-state index in [4.69, 9.17) is 0 Å². The SMILES string of the molecule is c1ccc(-c2ccccc2N(c2cccc3ccccc23)c2cccc3sc4c5ccccc5c(-c5cccc6ccccc56)cc4c23)cc1. The maximum Gasteiger partial charge on any atom is 0.0555 e. The van der Waals surface area contributed by atoms with Crippen LogP contribution in [0.4, 0.5) is 17.1 Å². The van der Waals surface area contributed by atoms with Crippen molar-refractivity contribution in [2.45, 2.75) is 0 Å². The first kappa shape index (κ1) is 28.8. The van der Waals surface area contributed by atoms with E-state index >= 15 is 0 Å². The van der Waals surface area contributed by atoms with E-state index in [1.807, 2.05) is 11.3 Å². The highest BCUT2D eigenvalue weighted by molar-refractivity contribution is 7.26. The zero-order chi connectivity index (χ0) is 33.0. The summed E-state index contributed by atoms with van der Waals surface area (Å²) in [5.74, 6) is 0. The maximum absolute atomic E-state index is 2.51. The zero-order valence-electron chi connectivity index (χ0n) is 27.3. The van der Waals surface area contributed by atoms with E-state index in [0.717, 1.165) is 11.4 Å². The smallest absolute Gasteiger partial charge is 0.0555 e. The quantitative estimate of drug-likeness (QED) is 0.179. The Morgan fingerprint density at radius 2 is 0.900 bits per heavy atom. The van der Waals surface area contributed by atoms with Crippen molar-refractivity contribution in [2.75, 3.05) is 4.90 Å². The molecule has 9 aromatic carbocycles. The Kier molecular flexibility index (Phi) is 6.75. The average Bonchev–Trinajstić information content (AvgIpc) is 3.58. The van der Waals surface area contributed by atoms with Gasteiger partial charge in [-0.3, -0.25) is 0 Å². The Balaban J connectivity index is 1.34. The molecule has 234 valence electrons. The van der Waals surface area contributed by atoms with Crippen molar-refractivity contribution in [3.05, 3.63) is 188 Å². The molecule has 0 saturated carbocycles. The van der Waals surface area contributed by atoms with Gasteiger partial charge in [0.2, 0.25) is 0 Å². The van der Waals surface area contributed by atoms with E-state index in [-0.39, 0.29) is 0 Å².